The molecule has 2 aromatic rings. The lowest BCUT2D eigenvalue weighted by atomic mass is 10.1. The first kappa shape index (κ1) is 12.8. The Hall–Kier alpha value is -1.61. The van der Waals surface area contributed by atoms with Crippen molar-refractivity contribution < 1.29 is 4.79 Å². The van der Waals surface area contributed by atoms with Crippen LogP contribution in [0, 0.1) is 6.92 Å². The van der Waals surface area contributed by atoms with E-state index in [-0.39, 0.29) is 5.78 Å². The minimum atomic E-state index is 0.0743. The van der Waals surface area contributed by atoms with Gasteiger partial charge < -0.3 is 5.32 Å². The highest BCUT2D eigenvalue weighted by atomic mass is 79.9. The maximum Gasteiger partial charge on any atom is 0.175 e. The zero-order valence-corrected chi connectivity index (χ0v) is 11.7. The molecule has 0 radical (unpaired) electrons. The number of ketones is 1. The Morgan fingerprint density at radius 1 is 1.11 bits per heavy atom. The monoisotopic (exact) mass is 303 g/mol. The number of hydrogen-bond acceptors (Lipinski definition) is 2. The van der Waals surface area contributed by atoms with Crippen molar-refractivity contribution in [2.24, 2.45) is 0 Å². The van der Waals surface area contributed by atoms with E-state index in [1.54, 1.807) is 0 Å². The molecule has 0 bridgehead atoms. The molecule has 0 aliphatic rings. The average molecular weight is 304 g/mol. The summed E-state index contributed by atoms with van der Waals surface area (Å²) in [4.78, 5) is 11.8. The second kappa shape index (κ2) is 5.83. The predicted molar refractivity (Wildman–Crippen MR) is 79.0 cm³/mol. The quantitative estimate of drug-likeness (QED) is 0.673. The Kier molecular flexibility index (Phi) is 4.15. The lowest BCUT2D eigenvalue weighted by Crippen LogP contribution is -2.04. The Morgan fingerprint density at radius 3 is 2.44 bits per heavy atom. The third kappa shape index (κ3) is 2.99. The summed E-state index contributed by atoms with van der Waals surface area (Å²) in [5.74, 6) is 0.0743. The molecule has 0 amide bonds. The van der Waals surface area contributed by atoms with E-state index < -0.39 is 0 Å². The summed E-state index contributed by atoms with van der Waals surface area (Å²) in [5, 5.41) is 3.61. The van der Waals surface area contributed by atoms with Crippen LogP contribution in [-0.2, 0) is 0 Å². The van der Waals surface area contributed by atoms with Crippen LogP contribution >= 0.6 is 15.9 Å². The summed E-state index contributed by atoms with van der Waals surface area (Å²) >= 11 is 3.20. The molecule has 0 atom stereocenters. The van der Waals surface area contributed by atoms with Gasteiger partial charge in [0.2, 0.25) is 0 Å². The first-order valence-corrected chi connectivity index (χ1v) is 6.85. The molecule has 92 valence electrons. The van der Waals surface area contributed by atoms with Crippen LogP contribution in [0.15, 0.2) is 48.5 Å². The number of halogens is 1. The van der Waals surface area contributed by atoms with Crippen molar-refractivity contribution >= 4 is 33.1 Å². The smallest absolute Gasteiger partial charge is 0.175 e. The molecule has 0 unspecified atom stereocenters. The van der Waals surface area contributed by atoms with Crippen LogP contribution in [0.25, 0.3) is 0 Å². The molecule has 0 aliphatic carbocycles. The molecule has 0 aliphatic heterocycles. The van der Waals surface area contributed by atoms with E-state index in [9.17, 15) is 4.79 Å². The van der Waals surface area contributed by atoms with Crippen LogP contribution < -0.4 is 5.32 Å². The van der Waals surface area contributed by atoms with Crippen LogP contribution in [-0.4, -0.2) is 11.1 Å². The Bertz CT molecular complexity index is 549. The molecule has 3 heteroatoms. The van der Waals surface area contributed by atoms with Gasteiger partial charge in [0.15, 0.2) is 5.78 Å². The van der Waals surface area contributed by atoms with Gasteiger partial charge in [-0.1, -0.05) is 45.8 Å². The first-order valence-electron chi connectivity index (χ1n) is 5.72. The van der Waals surface area contributed by atoms with Crippen molar-refractivity contribution in [3.8, 4) is 0 Å². The number of aryl methyl sites for hydroxylation is 1. The first-order chi connectivity index (χ1) is 8.70. The molecular formula is C15H14BrNO. The fraction of sp³-hybridized carbons (Fsp3) is 0.133. The van der Waals surface area contributed by atoms with Gasteiger partial charge in [0.1, 0.15) is 0 Å². The summed E-state index contributed by atoms with van der Waals surface area (Å²) in [6.45, 7) is 2.05. The molecule has 1 N–H and O–H groups in total. The van der Waals surface area contributed by atoms with Gasteiger partial charge in [-0.15, -0.1) is 0 Å². The number of alkyl halides is 1. The third-order valence-electron chi connectivity index (χ3n) is 2.68. The van der Waals surface area contributed by atoms with Gasteiger partial charge in [-0.2, -0.15) is 0 Å². The van der Waals surface area contributed by atoms with Gasteiger partial charge in [0, 0.05) is 16.9 Å². The maximum absolute atomic E-state index is 11.8. The molecule has 18 heavy (non-hydrogen) atoms. The minimum Gasteiger partial charge on any atom is -0.355 e. The predicted octanol–water partition coefficient (Wildman–Crippen LogP) is 4.32. The van der Waals surface area contributed by atoms with Crippen molar-refractivity contribution in [2.45, 2.75) is 6.92 Å². The van der Waals surface area contributed by atoms with Crippen molar-refractivity contribution in [1.29, 1.82) is 0 Å². The maximum atomic E-state index is 11.8. The van der Waals surface area contributed by atoms with E-state index in [1.807, 2.05) is 55.5 Å². The second-order valence-electron chi connectivity index (χ2n) is 4.09. The molecule has 0 saturated carbocycles. The number of carbonyl (C=O) groups excluding carboxylic acids is 1. The molecule has 0 heterocycles. The van der Waals surface area contributed by atoms with Gasteiger partial charge >= 0.3 is 0 Å². The fourth-order valence-corrected chi connectivity index (χ4v) is 2.00. The van der Waals surface area contributed by atoms with Gasteiger partial charge in [-0.25, -0.2) is 0 Å². The largest absolute Gasteiger partial charge is 0.355 e. The Labute approximate surface area is 115 Å². The molecule has 0 spiro atoms. The third-order valence-corrected chi connectivity index (χ3v) is 3.19. The summed E-state index contributed by atoms with van der Waals surface area (Å²) in [6, 6.07) is 15.6. The molecule has 0 fully saturated rings. The van der Waals surface area contributed by atoms with E-state index in [4.69, 9.17) is 0 Å². The van der Waals surface area contributed by atoms with Crippen LogP contribution in [0.1, 0.15) is 15.9 Å². The van der Waals surface area contributed by atoms with Crippen LogP contribution in [0.4, 0.5) is 11.4 Å². The Balaban J connectivity index is 2.28. The van der Waals surface area contributed by atoms with E-state index >= 15 is 0 Å². The van der Waals surface area contributed by atoms with Gasteiger partial charge in [-0.3, -0.25) is 4.79 Å². The Morgan fingerprint density at radius 2 is 1.78 bits per heavy atom. The van der Waals surface area contributed by atoms with Gasteiger partial charge in [0.05, 0.1) is 5.33 Å². The molecular weight excluding hydrogens is 290 g/mol. The molecule has 2 nitrogen and oxygen atoms in total. The zero-order chi connectivity index (χ0) is 13.0. The number of benzene rings is 2. The van der Waals surface area contributed by atoms with Crippen molar-refractivity contribution in [2.75, 3.05) is 10.6 Å². The van der Waals surface area contributed by atoms with E-state index in [0.717, 1.165) is 11.4 Å². The van der Waals surface area contributed by atoms with Crippen LogP contribution in [0.2, 0.25) is 0 Å². The van der Waals surface area contributed by atoms with Crippen LogP contribution in [0.5, 0.6) is 0 Å². The lowest BCUT2D eigenvalue weighted by Gasteiger charge is -2.10. The van der Waals surface area contributed by atoms with Gasteiger partial charge in [0.25, 0.3) is 0 Å². The minimum absolute atomic E-state index is 0.0743. The standard InChI is InChI=1S/C15H14BrNO/c1-11-6-8-12(9-7-11)17-14-5-3-2-4-13(14)15(18)10-16/h2-9,17H,10H2,1H3. The van der Waals surface area contributed by atoms with Gasteiger partial charge in [-0.05, 0) is 31.2 Å². The topological polar surface area (TPSA) is 29.1 Å². The number of para-hydroxylation sites is 1. The average Bonchev–Trinajstić information content (AvgIpc) is 2.41. The highest BCUT2D eigenvalue weighted by Crippen LogP contribution is 2.22. The van der Waals surface area contributed by atoms with Crippen molar-refractivity contribution in [3.63, 3.8) is 0 Å². The number of Topliss-reactive ketones (excluding diaryl/α,β-unsaturated/α-hetero) is 1. The van der Waals surface area contributed by atoms with E-state index in [0.29, 0.717) is 10.9 Å². The molecule has 0 saturated heterocycles. The summed E-state index contributed by atoms with van der Waals surface area (Å²) in [5.41, 5.74) is 3.74. The van der Waals surface area contributed by atoms with E-state index in [1.165, 1.54) is 5.56 Å². The number of anilines is 2. The van der Waals surface area contributed by atoms with Crippen molar-refractivity contribution in [3.05, 3.63) is 59.7 Å². The molecule has 2 rings (SSSR count). The van der Waals surface area contributed by atoms with Crippen LogP contribution in [0.3, 0.4) is 0 Å². The zero-order valence-electron chi connectivity index (χ0n) is 10.1. The van der Waals surface area contributed by atoms with Crippen molar-refractivity contribution in [1.82, 2.24) is 0 Å². The lowest BCUT2D eigenvalue weighted by molar-refractivity contribution is 0.102. The number of carbonyl (C=O) groups is 1. The highest BCUT2D eigenvalue weighted by molar-refractivity contribution is 9.09. The number of hydrogen-bond donors (Lipinski definition) is 1. The molecule has 0 aromatic heterocycles. The fourth-order valence-electron chi connectivity index (χ4n) is 1.70. The number of nitrogens with one attached hydrogen (secondary N) is 1. The SMILES string of the molecule is Cc1ccc(Nc2ccccc2C(=O)CBr)cc1. The normalized spacial score (nSPS) is 10.1. The summed E-state index contributed by atoms with van der Waals surface area (Å²) < 4.78 is 0. The number of rotatable bonds is 4. The van der Waals surface area contributed by atoms with E-state index in [2.05, 4.69) is 21.2 Å². The summed E-state index contributed by atoms with van der Waals surface area (Å²) in [7, 11) is 0. The summed E-state index contributed by atoms with van der Waals surface area (Å²) in [6.07, 6.45) is 0. The molecule has 2 aromatic carbocycles. The second-order valence-corrected chi connectivity index (χ2v) is 4.65. The highest BCUT2D eigenvalue weighted by Gasteiger charge is 2.09.